The van der Waals surface area contributed by atoms with Gasteiger partial charge in [0.15, 0.2) is 0 Å². The minimum absolute atomic E-state index is 0.0594. The number of nitrogens with zero attached hydrogens (tertiary/aromatic N) is 1. The van der Waals surface area contributed by atoms with Gasteiger partial charge in [0, 0.05) is 0 Å². The number of carboxylic acid groups (broad SMARTS) is 1. The molecule has 3 N–H and O–H groups in total. The summed E-state index contributed by atoms with van der Waals surface area (Å²) < 4.78 is 0. The van der Waals surface area contributed by atoms with E-state index in [9.17, 15) is 9.59 Å². The first-order valence-corrected chi connectivity index (χ1v) is 5.06. The zero-order chi connectivity index (χ0) is 13.1. The molecule has 1 heterocycles. The Kier molecular flexibility index (Phi) is 3.80. The van der Waals surface area contributed by atoms with Gasteiger partial charge in [-0.3, -0.25) is 4.79 Å². The number of rotatable bonds is 4. The van der Waals surface area contributed by atoms with Gasteiger partial charge in [-0.25, -0.2) is 9.78 Å². The molecule has 0 atom stereocenters. The summed E-state index contributed by atoms with van der Waals surface area (Å²) in [7, 11) is 1.69. The fourth-order valence-corrected chi connectivity index (χ4v) is 0.995. The first-order chi connectivity index (χ1) is 7.86. The molecule has 1 rings (SSSR count). The number of aromatic carboxylic acids is 1. The van der Waals surface area contributed by atoms with Gasteiger partial charge in [-0.2, -0.15) is 0 Å². The van der Waals surface area contributed by atoms with Crippen molar-refractivity contribution in [1.29, 1.82) is 0 Å². The maximum atomic E-state index is 11.8. The van der Waals surface area contributed by atoms with Crippen molar-refractivity contribution in [2.75, 3.05) is 12.4 Å². The third-order valence-electron chi connectivity index (χ3n) is 2.43. The number of carbonyl (C=O) groups is 2. The molecule has 0 aromatic carbocycles. The fraction of sp³-hybridized carbons (Fsp3) is 0.364. The Morgan fingerprint density at radius 1 is 1.35 bits per heavy atom. The van der Waals surface area contributed by atoms with E-state index in [1.54, 1.807) is 20.9 Å². The lowest BCUT2D eigenvalue weighted by Crippen LogP contribution is -2.47. The summed E-state index contributed by atoms with van der Waals surface area (Å²) in [6, 6.07) is 2.84. The highest BCUT2D eigenvalue weighted by atomic mass is 16.4. The number of anilines is 1. The molecular weight excluding hydrogens is 222 g/mol. The van der Waals surface area contributed by atoms with Crippen molar-refractivity contribution in [1.82, 2.24) is 10.3 Å². The Balaban J connectivity index is 2.76. The SMILES string of the molecule is CNC(C)(C)C(=O)Nc1ccc(C(=O)O)nc1. The van der Waals surface area contributed by atoms with E-state index in [1.807, 2.05) is 0 Å². The molecule has 6 nitrogen and oxygen atoms in total. The van der Waals surface area contributed by atoms with Crippen LogP contribution in [0.5, 0.6) is 0 Å². The van der Waals surface area contributed by atoms with Crippen molar-refractivity contribution in [2.45, 2.75) is 19.4 Å². The number of hydrogen-bond acceptors (Lipinski definition) is 4. The molecule has 0 aliphatic carbocycles. The van der Waals surface area contributed by atoms with Gasteiger partial charge >= 0.3 is 5.97 Å². The summed E-state index contributed by atoms with van der Waals surface area (Å²) in [4.78, 5) is 26.1. The van der Waals surface area contributed by atoms with Gasteiger partial charge in [0.1, 0.15) is 5.69 Å². The Morgan fingerprint density at radius 3 is 2.41 bits per heavy atom. The second kappa shape index (κ2) is 4.92. The van der Waals surface area contributed by atoms with E-state index in [1.165, 1.54) is 18.3 Å². The fourth-order valence-electron chi connectivity index (χ4n) is 0.995. The van der Waals surface area contributed by atoms with Crippen molar-refractivity contribution in [3.63, 3.8) is 0 Å². The number of carboxylic acids is 1. The smallest absolute Gasteiger partial charge is 0.354 e. The number of aromatic nitrogens is 1. The van der Waals surface area contributed by atoms with Crippen LogP contribution < -0.4 is 10.6 Å². The van der Waals surface area contributed by atoms with Gasteiger partial charge in [0.2, 0.25) is 5.91 Å². The van der Waals surface area contributed by atoms with Gasteiger partial charge in [-0.05, 0) is 33.0 Å². The number of pyridine rings is 1. The van der Waals surface area contributed by atoms with Crippen molar-refractivity contribution in [2.24, 2.45) is 0 Å². The Bertz CT molecular complexity index is 426. The van der Waals surface area contributed by atoms with Crippen molar-refractivity contribution in [3.8, 4) is 0 Å². The van der Waals surface area contributed by atoms with E-state index in [2.05, 4.69) is 15.6 Å². The van der Waals surface area contributed by atoms with Gasteiger partial charge in [-0.1, -0.05) is 0 Å². The lowest BCUT2D eigenvalue weighted by molar-refractivity contribution is -0.121. The van der Waals surface area contributed by atoms with Crippen LogP contribution in [0.1, 0.15) is 24.3 Å². The highest BCUT2D eigenvalue weighted by Gasteiger charge is 2.25. The van der Waals surface area contributed by atoms with Gasteiger partial charge in [-0.15, -0.1) is 0 Å². The first kappa shape index (κ1) is 13.1. The maximum Gasteiger partial charge on any atom is 0.354 e. The molecule has 0 spiro atoms. The largest absolute Gasteiger partial charge is 0.477 e. The highest BCUT2D eigenvalue weighted by molar-refractivity contribution is 5.97. The summed E-state index contributed by atoms with van der Waals surface area (Å²) >= 11 is 0. The van der Waals surface area contributed by atoms with E-state index in [-0.39, 0.29) is 11.6 Å². The minimum atomic E-state index is -1.10. The van der Waals surface area contributed by atoms with Crippen LogP contribution in [0.15, 0.2) is 18.3 Å². The molecule has 1 aromatic rings. The number of hydrogen-bond donors (Lipinski definition) is 3. The van der Waals surface area contributed by atoms with Gasteiger partial charge in [0.25, 0.3) is 0 Å². The summed E-state index contributed by atoms with van der Waals surface area (Å²) in [6.07, 6.45) is 1.31. The molecule has 0 saturated heterocycles. The highest BCUT2D eigenvalue weighted by Crippen LogP contribution is 2.10. The molecule has 0 radical (unpaired) electrons. The minimum Gasteiger partial charge on any atom is -0.477 e. The second-order valence-electron chi connectivity index (χ2n) is 4.07. The second-order valence-corrected chi connectivity index (χ2v) is 4.07. The van der Waals surface area contributed by atoms with Crippen LogP contribution in [0, 0.1) is 0 Å². The molecule has 17 heavy (non-hydrogen) atoms. The number of amides is 1. The Hall–Kier alpha value is -1.95. The quantitative estimate of drug-likeness (QED) is 0.717. The third-order valence-corrected chi connectivity index (χ3v) is 2.43. The van der Waals surface area contributed by atoms with E-state index in [4.69, 9.17) is 5.11 Å². The van der Waals surface area contributed by atoms with Crippen molar-refractivity contribution < 1.29 is 14.7 Å². The van der Waals surface area contributed by atoms with Crippen LogP contribution in [-0.4, -0.2) is 34.6 Å². The Labute approximate surface area is 99.1 Å². The zero-order valence-corrected chi connectivity index (χ0v) is 9.94. The summed E-state index contributed by atoms with van der Waals surface area (Å²) in [5, 5.41) is 14.2. The van der Waals surface area contributed by atoms with Crippen molar-refractivity contribution >= 4 is 17.6 Å². The number of nitrogens with one attached hydrogen (secondary N) is 2. The molecule has 0 aliphatic heterocycles. The molecule has 0 bridgehead atoms. The van der Waals surface area contributed by atoms with Crippen LogP contribution in [0.25, 0.3) is 0 Å². The van der Waals surface area contributed by atoms with Crippen LogP contribution in [0.3, 0.4) is 0 Å². The topological polar surface area (TPSA) is 91.3 Å². The van der Waals surface area contributed by atoms with E-state index < -0.39 is 11.5 Å². The van der Waals surface area contributed by atoms with Crippen molar-refractivity contribution in [3.05, 3.63) is 24.0 Å². The predicted octanol–water partition coefficient (Wildman–Crippen LogP) is 0.716. The first-order valence-electron chi connectivity index (χ1n) is 5.06. The predicted molar refractivity (Wildman–Crippen MR) is 63.0 cm³/mol. The standard InChI is InChI=1S/C11H15N3O3/c1-11(2,12-3)10(17)14-7-4-5-8(9(15)16)13-6-7/h4-6,12H,1-3H3,(H,14,17)(H,15,16). The van der Waals surface area contributed by atoms with Gasteiger partial charge < -0.3 is 15.7 Å². The van der Waals surface area contributed by atoms with E-state index in [0.29, 0.717) is 5.69 Å². The average molecular weight is 237 g/mol. The lowest BCUT2D eigenvalue weighted by Gasteiger charge is -2.22. The molecule has 6 heteroatoms. The molecule has 92 valence electrons. The Morgan fingerprint density at radius 2 is 2.00 bits per heavy atom. The summed E-state index contributed by atoms with van der Waals surface area (Å²) in [5.41, 5.74) is -0.301. The third kappa shape index (κ3) is 3.25. The molecule has 0 fully saturated rings. The van der Waals surface area contributed by atoms with E-state index >= 15 is 0 Å². The average Bonchev–Trinajstić information content (AvgIpc) is 2.29. The number of carbonyl (C=O) groups excluding carboxylic acids is 1. The summed E-state index contributed by atoms with van der Waals surface area (Å²) in [5.74, 6) is -1.32. The molecule has 0 unspecified atom stereocenters. The molecule has 1 aromatic heterocycles. The monoisotopic (exact) mass is 237 g/mol. The molecular formula is C11H15N3O3. The van der Waals surface area contributed by atoms with Gasteiger partial charge in [0.05, 0.1) is 17.4 Å². The normalized spacial score (nSPS) is 11.0. The molecule has 0 aliphatic rings. The van der Waals surface area contributed by atoms with Crippen LogP contribution in [-0.2, 0) is 4.79 Å². The van der Waals surface area contributed by atoms with Crippen LogP contribution in [0.4, 0.5) is 5.69 Å². The zero-order valence-electron chi connectivity index (χ0n) is 9.94. The van der Waals surface area contributed by atoms with E-state index in [0.717, 1.165) is 0 Å². The maximum absolute atomic E-state index is 11.8. The molecule has 0 saturated carbocycles. The summed E-state index contributed by atoms with van der Waals surface area (Å²) in [6.45, 7) is 3.47. The number of likely N-dealkylation sites (N-methyl/N-ethyl adjacent to an activating group) is 1. The molecule has 1 amide bonds. The lowest BCUT2D eigenvalue weighted by atomic mass is 10.1. The van der Waals surface area contributed by atoms with Crippen LogP contribution in [0.2, 0.25) is 0 Å². The van der Waals surface area contributed by atoms with Crippen LogP contribution >= 0.6 is 0 Å².